The molecule has 0 radical (unpaired) electrons. The standard InChI is InChI=1S/C19H24F2N6OS/c1-3-12-14(27-6-10(16(20)21)11(22)7-27)17(25-12)26-18(28)15-13(23)9-5-4-8(2)24-19(9)29-15/h4-5,10-12,16,25H,3,6-7,22-23H2,1-2H3,(H,26,28)/t10-,11-,12+/m1/s1. The van der Waals surface area contributed by atoms with E-state index in [2.05, 4.69) is 15.6 Å². The lowest BCUT2D eigenvalue weighted by atomic mass is 10.0. The maximum absolute atomic E-state index is 13.2. The van der Waals surface area contributed by atoms with E-state index in [-0.39, 0.29) is 18.5 Å². The zero-order valence-corrected chi connectivity index (χ0v) is 17.0. The van der Waals surface area contributed by atoms with Crippen molar-refractivity contribution in [3.8, 4) is 0 Å². The molecule has 1 amide bonds. The Morgan fingerprint density at radius 1 is 1.45 bits per heavy atom. The number of pyridine rings is 1. The van der Waals surface area contributed by atoms with Crippen LogP contribution >= 0.6 is 11.3 Å². The van der Waals surface area contributed by atoms with Crippen LogP contribution in [0.4, 0.5) is 14.5 Å². The Morgan fingerprint density at radius 2 is 2.21 bits per heavy atom. The number of carbonyl (C=O) groups excluding carboxylic acids is 1. The van der Waals surface area contributed by atoms with E-state index in [0.29, 0.717) is 27.8 Å². The van der Waals surface area contributed by atoms with Crippen LogP contribution in [0.2, 0.25) is 0 Å². The Hall–Kier alpha value is -2.46. The normalized spacial score (nSPS) is 24.2. The smallest absolute Gasteiger partial charge is 0.269 e. The SMILES string of the molecule is CC[C@@H]1NC(NC(=O)c2sc3nc(C)ccc3c2N)=C1N1C[C@@H](N)[C@H](C(F)F)C1. The average Bonchev–Trinajstić information content (AvgIpc) is 3.18. The summed E-state index contributed by atoms with van der Waals surface area (Å²) in [6.45, 7) is 4.40. The monoisotopic (exact) mass is 422 g/mol. The summed E-state index contributed by atoms with van der Waals surface area (Å²) in [5.74, 6) is -0.679. The highest BCUT2D eigenvalue weighted by Crippen LogP contribution is 2.34. The van der Waals surface area contributed by atoms with E-state index in [1.165, 1.54) is 11.3 Å². The number of nitrogens with one attached hydrogen (secondary N) is 2. The topological polar surface area (TPSA) is 109 Å². The molecule has 1 fully saturated rings. The van der Waals surface area contributed by atoms with Crippen molar-refractivity contribution >= 4 is 33.1 Å². The van der Waals surface area contributed by atoms with Gasteiger partial charge in [-0.3, -0.25) is 4.79 Å². The van der Waals surface area contributed by atoms with Crippen LogP contribution < -0.4 is 22.1 Å². The lowest BCUT2D eigenvalue weighted by Gasteiger charge is -2.40. The van der Waals surface area contributed by atoms with Gasteiger partial charge >= 0.3 is 0 Å². The Kier molecular flexibility index (Phi) is 5.07. The minimum absolute atomic E-state index is 0.00186. The van der Waals surface area contributed by atoms with Crippen molar-refractivity contribution < 1.29 is 13.6 Å². The van der Waals surface area contributed by atoms with Gasteiger partial charge in [-0.05, 0) is 25.5 Å². The summed E-state index contributed by atoms with van der Waals surface area (Å²) in [4.78, 5) is 20.3. The summed E-state index contributed by atoms with van der Waals surface area (Å²) in [6.07, 6.45) is -1.69. The largest absolute Gasteiger partial charge is 0.397 e. The molecular formula is C19H24F2N6OS. The number of nitrogen functional groups attached to an aromatic ring is 1. The first-order chi connectivity index (χ1) is 13.8. The lowest BCUT2D eigenvalue weighted by Crippen LogP contribution is -2.54. The number of alkyl halides is 2. The molecule has 4 rings (SSSR count). The predicted molar refractivity (Wildman–Crippen MR) is 110 cm³/mol. The number of rotatable bonds is 5. The van der Waals surface area contributed by atoms with Gasteiger partial charge in [-0.25, -0.2) is 13.8 Å². The van der Waals surface area contributed by atoms with Crippen molar-refractivity contribution in [1.29, 1.82) is 0 Å². The van der Waals surface area contributed by atoms with Crippen LogP contribution in [-0.2, 0) is 0 Å². The Bertz CT molecular complexity index is 990. The highest BCUT2D eigenvalue weighted by Gasteiger charge is 2.42. The van der Waals surface area contributed by atoms with E-state index in [9.17, 15) is 13.6 Å². The minimum Gasteiger partial charge on any atom is -0.397 e. The second-order valence-electron chi connectivity index (χ2n) is 7.54. The lowest BCUT2D eigenvalue weighted by molar-refractivity contribution is 0.0751. The van der Waals surface area contributed by atoms with E-state index in [1.807, 2.05) is 30.9 Å². The zero-order chi connectivity index (χ0) is 20.9. The number of aryl methyl sites for hydroxylation is 1. The number of anilines is 1. The molecule has 2 aromatic heterocycles. The summed E-state index contributed by atoms with van der Waals surface area (Å²) < 4.78 is 26.4. The van der Waals surface area contributed by atoms with Gasteiger partial charge in [-0.15, -0.1) is 11.3 Å². The third-order valence-electron chi connectivity index (χ3n) is 5.57. The van der Waals surface area contributed by atoms with Crippen molar-refractivity contribution in [2.75, 3.05) is 18.8 Å². The summed E-state index contributed by atoms with van der Waals surface area (Å²) >= 11 is 1.24. The molecule has 3 atom stereocenters. The molecule has 2 aromatic rings. The molecule has 0 spiro atoms. The predicted octanol–water partition coefficient (Wildman–Crippen LogP) is 1.99. The Morgan fingerprint density at radius 3 is 2.86 bits per heavy atom. The van der Waals surface area contributed by atoms with Gasteiger partial charge in [0.25, 0.3) is 5.91 Å². The molecular weight excluding hydrogens is 398 g/mol. The minimum atomic E-state index is -2.46. The molecule has 29 heavy (non-hydrogen) atoms. The van der Waals surface area contributed by atoms with Crippen molar-refractivity contribution in [3.63, 3.8) is 0 Å². The second-order valence-corrected chi connectivity index (χ2v) is 8.54. The quantitative estimate of drug-likeness (QED) is 0.587. The molecule has 0 saturated carbocycles. The van der Waals surface area contributed by atoms with E-state index in [1.54, 1.807) is 0 Å². The van der Waals surface area contributed by atoms with Gasteiger partial charge in [0.15, 0.2) is 0 Å². The number of fused-ring (bicyclic) bond motifs is 1. The van der Waals surface area contributed by atoms with Crippen LogP contribution in [0.25, 0.3) is 10.2 Å². The third-order valence-corrected chi connectivity index (χ3v) is 6.68. The first kappa shape index (κ1) is 19.8. The summed E-state index contributed by atoms with van der Waals surface area (Å²) in [7, 11) is 0. The summed E-state index contributed by atoms with van der Waals surface area (Å²) in [6, 6.07) is 3.11. The van der Waals surface area contributed by atoms with E-state index in [0.717, 1.165) is 23.2 Å². The van der Waals surface area contributed by atoms with Gasteiger partial charge in [0.1, 0.15) is 15.5 Å². The fourth-order valence-corrected chi connectivity index (χ4v) is 4.97. The molecule has 0 aliphatic carbocycles. The molecule has 2 aliphatic heterocycles. The van der Waals surface area contributed by atoms with Crippen molar-refractivity contribution in [2.24, 2.45) is 11.7 Å². The first-order valence-corrected chi connectivity index (χ1v) is 10.4. The third kappa shape index (κ3) is 3.40. The van der Waals surface area contributed by atoms with Crippen LogP contribution in [0.3, 0.4) is 0 Å². The number of nitrogens with zero attached hydrogens (tertiary/aromatic N) is 2. The van der Waals surface area contributed by atoms with Gasteiger partial charge in [0.2, 0.25) is 6.43 Å². The number of likely N-dealkylation sites (tertiary alicyclic amines) is 1. The molecule has 2 aliphatic rings. The highest BCUT2D eigenvalue weighted by atomic mass is 32.1. The maximum atomic E-state index is 13.2. The van der Waals surface area contributed by atoms with Crippen LogP contribution in [0.1, 0.15) is 28.7 Å². The van der Waals surface area contributed by atoms with Gasteiger partial charge in [-0.1, -0.05) is 6.92 Å². The number of carbonyl (C=O) groups is 1. The molecule has 0 aromatic carbocycles. The average molecular weight is 423 g/mol. The van der Waals surface area contributed by atoms with E-state index in [4.69, 9.17) is 11.5 Å². The van der Waals surface area contributed by atoms with Crippen LogP contribution in [0.5, 0.6) is 0 Å². The molecule has 1 saturated heterocycles. The molecule has 0 unspecified atom stereocenters. The van der Waals surface area contributed by atoms with Crippen LogP contribution in [0, 0.1) is 12.8 Å². The molecule has 4 heterocycles. The summed E-state index contributed by atoms with van der Waals surface area (Å²) in [5.41, 5.74) is 14.1. The number of amides is 1. The number of aromatic nitrogens is 1. The summed E-state index contributed by atoms with van der Waals surface area (Å²) in [5, 5.41) is 6.81. The number of halogens is 2. The molecule has 7 nitrogen and oxygen atoms in total. The Balaban J connectivity index is 1.58. The number of thiophene rings is 1. The Labute approximate surface area is 171 Å². The van der Waals surface area contributed by atoms with Gasteiger partial charge < -0.3 is 27.0 Å². The number of hydrogen-bond acceptors (Lipinski definition) is 7. The maximum Gasteiger partial charge on any atom is 0.269 e. The second kappa shape index (κ2) is 7.42. The van der Waals surface area contributed by atoms with Gasteiger partial charge in [0, 0.05) is 30.2 Å². The van der Waals surface area contributed by atoms with Crippen molar-refractivity contribution in [1.82, 2.24) is 20.5 Å². The number of hydrogen-bond donors (Lipinski definition) is 4. The number of nitrogens with two attached hydrogens (primary N) is 2. The highest BCUT2D eigenvalue weighted by molar-refractivity contribution is 7.21. The molecule has 0 bridgehead atoms. The van der Waals surface area contributed by atoms with Gasteiger partial charge in [0.05, 0.1) is 23.3 Å². The molecule has 10 heteroatoms. The van der Waals surface area contributed by atoms with Crippen LogP contribution in [-0.4, -0.2) is 47.4 Å². The first-order valence-electron chi connectivity index (χ1n) is 9.56. The zero-order valence-electron chi connectivity index (χ0n) is 16.2. The van der Waals surface area contributed by atoms with Crippen molar-refractivity contribution in [3.05, 3.63) is 34.2 Å². The van der Waals surface area contributed by atoms with Crippen LogP contribution in [0.15, 0.2) is 23.7 Å². The van der Waals surface area contributed by atoms with E-state index < -0.39 is 18.4 Å². The molecule has 6 N–H and O–H groups in total. The molecule has 156 valence electrons. The van der Waals surface area contributed by atoms with Gasteiger partial charge in [-0.2, -0.15) is 0 Å². The van der Waals surface area contributed by atoms with Crippen molar-refractivity contribution in [2.45, 2.75) is 38.8 Å². The fraction of sp³-hybridized carbons (Fsp3) is 0.474. The van der Waals surface area contributed by atoms with E-state index >= 15 is 0 Å². The fourth-order valence-electron chi connectivity index (χ4n) is 3.93.